The molecule has 3 rings (SSSR count). The molecule has 1 saturated carbocycles. The Labute approximate surface area is 132 Å². The number of halogens is 1. The van der Waals surface area contributed by atoms with Gasteiger partial charge in [0.05, 0.1) is 16.5 Å². The fraction of sp³-hybridized carbons (Fsp3) is 0.375. The molecule has 22 heavy (non-hydrogen) atoms. The number of fused-ring (bicyclic) bond motifs is 1. The summed E-state index contributed by atoms with van der Waals surface area (Å²) < 4.78 is 1.72. The van der Waals surface area contributed by atoms with E-state index in [1.165, 1.54) is 0 Å². The molecule has 1 aliphatic carbocycles. The summed E-state index contributed by atoms with van der Waals surface area (Å²) in [5.74, 6) is 0. The van der Waals surface area contributed by atoms with Crippen LogP contribution in [0.1, 0.15) is 44.0 Å². The van der Waals surface area contributed by atoms with Gasteiger partial charge in [-0.2, -0.15) is 0 Å². The molecule has 6 heteroatoms. The summed E-state index contributed by atoms with van der Waals surface area (Å²) in [5.41, 5.74) is 0.582. The van der Waals surface area contributed by atoms with Crippen LogP contribution in [0.3, 0.4) is 0 Å². The van der Waals surface area contributed by atoms with Gasteiger partial charge in [-0.15, -0.1) is 0 Å². The van der Waals surface area contributed by atoms with Crippen LogP contribution in [0.2, 0.25) is 5.02 Å². The molecular weight excluding hydrogens is 304 g/mol. The van der Waals surface area contributed by atoms with Crippen LogP contribution in [0.4, 0.5) is 4.79 Å². The zero-order valence-corrected chi connectivity index (χ0v) is 12.9. The Kier molecular flexibility index (Phi) is 3.83. The number of aromatic nitrogens is 1. The normalized spacial score (nSPS) is 15.7. The van der Waals surface area contributed by atoms with Gasteiger partial charge in [-0.3, -0.25) is 4.79 Å². The minimum atomic E-state index is -1.09. The number of hydrogen-bond acceptors (Lipinski definition) is 2. The van der Waals surface area contributed by atoms with E-state index in [1.54, 1.807) is 16.7 Å². The number of benzene rings is 1. The Hall–Kier alpha value is -2.01. The lowest BCUT2D eigenvalue weighted by Gasteiger charge is -2.21. The van der Waals surface area contributed by atoms with Crippen molar-refractivity contribution in [1.82, 2.24) is 9.88 Å². The number of rotatable bonds is 4. The molecule has 1 aliphatic rings. The van der Waals surface area contributed by atoms with E-state index in [0.717, 1.165) is 18.2 Å². The van der Waals surface area contributed by atoms with Crippen molar-refractivity contribution in [2.45, 2.75) is 38.3 Å². The van der Waals surface area contributed by atoms with Crippen LogP contribution < -0.4 is 10.9 Å². The number of pyridine rings is 1. The van der Waals surface area contributed by atoms with Crippen LogP contribution in [0.25, 0.3) is 10.8 Å². The third-order valence-electron chi connectivity index (χ3n) is 4.04. The van der Waals surface area contributed by atoms with Crippen molar-refractivity contribution < 1.29 is 9.90 Å². The molecule has 2 N–H and O–H groups in total. The Morgan fingerprint density at radius 1 is 1.50 bits per heavy atom. The fourth-order valence-corrected chi connectivity index (χ4v) is 3.13. The molecule has 0 spiro atoms. The van der Waals surface area contributed by atoms with E-state index in [9.17, 15) is 9.59 Å². The Morgan fingerprint density at radius 3 is 2.82 bits per heavy atom. The van der Waals surface area contributed by atoms with Crippen LogP contribution in [-0.2, 0) is 0 Å². The van der Waals surface area contributed by atoms with Gasteiger partial charge in [0.1, 0.15) is 0 Å². The second-order valence-electron chi connectivity index (χ2n) is 5.59. The molecule has 0 aliphatic heterocycles. The van der Waals surface area contributed by atoms with E-state index < -0.39 is 12.1 Å². The number of nitrogens with one attached hydrogen (secondary N) is 1. The quantitative estimate of drug-likeness (QED) is 0.902. The lowest BCUT2D eigenvalue weighted by molar-refractivity contribution is 0.189. The van der Waals surface area contributed by atoms with E-state index in [4.69, 9.17) is 16.7 Å². The molecule has 0 unspecified atom stereocenters. The average Bonchev–Trinajstić information content (AvgIpc) is 3.28. The first-order chi connectivity index (χ1) is 10.5. The topological polar surface area (TPSA) is 71.3 Å². The minimum Gasteiger partial charge on any atom is -0.465 e. The summed E-state index contributed by atoms with van der Waals surface area (Å²) in [5, 5.41) is 13.2. The fourth-order valence-electron chi connectivity index (χ4n) is 2.87. The summed E-state index contributed by atoms with van der Waals surface area (Å²) in [6.45, 7) is 1.89. The first-order valence-corrected chi connectivity index (χ1v) is 7.73. The SMILES string of the molecule is CC[C@H](NC(=O)O)c1cc2cccc(Cl)c2c(=O)n1C1CC1. The van der Waals surface area contributed by atoms with Crippen molar-refractivity contribution >= 4 is 28.5 Å². The van der Waals surface area contributed by atoms with Gasteiger partial charge in [-0.05, 0) is 36.8 Å². The molecule has 0 bridgehead atoms. The lowest BCUT2D eigenvalue weighted by Crippen LogP contribution is -2.32. The van der Waals surface area contributed by atoms with Crippen molar-refractivity contribution in [2.75, 3.05) is 0 Å². The third-order valence-corrected chi connectivity index (χ3v) is 4.35. The van der Waals surface area contributed by atoms with E-state index in [2.05, 4.69) is 5.32 Å². The van der Waals surface area contributed by atoms with Crippen LogP contribution in [-0.4, -0.2) is 15.8 Å². The van der Waals surface area contributed by atoms with Crippen molar-refractivity contribution in [3.05, 3.63) is 45.3 Å². The number of nitrogens with zero attached hydrogens (tertiary/aromatic N) is 1. The summed E-state index contributed by atoms with van der Waals surface area (Å²) in [6, 6.07) is 6.94. The van der Waals surface area contributed by atoms with Crippen molar-refractivity contribution in [3.8, 4) is 0 Å². The third kappa shape index (κ3) is 2.57. The maximum atomic E-state index is 12.9. The standard InChI is InChI=1S/C16H17ClN2O3/c1-2-12(18-16(21)22)13-8-9-4-3-5-11(17)14(9)15(20)19(13)10-6-7-10/h3-5,8,10,12,18H,2,6-7H2,1H3,(H,21,22)/t12-/m0/s1. The first-order valence-electron chi connectivity index (χ1n) is 7.36. The van der Waals surface area contributed by atoms with Crippen LogP contribution in [0.15, 0.2) is 29.1 Å². The maximum Gasteiger partial charge on any atom is 0.405 e. The highest BCUT2D eigenvalue weighted by Gasteiger charge is 2.30. The van der Waals surface area contributed by atoms with Gasteiger partial charge in [0.2, 0.25) is 0 Å². The molecule has 1 amide bonds. The molecule has 0 radical (unpaired) electrons. The first kappa shape index (κ1) is 14.9. The lowest BCUT2D eigenvalue weighted by atomic mass is 10.1. The van der Waals surface area contributed by atoms with E-state index in [1.807, 2.05) is 19.1 Å². The van der Waals surface area contributed by atoms with Crippen molar-refractivity contribution in [3.63, 3.8) is 0 Å². The van der Waals surface area contributed by atoms with E-state index >= 15 is 0 Å². The van der Waals surface area contributed by atoms with Crippen LogP contribution >= 0.6 is 11.6 Å². The predicted molar refractivity (Wildman–Crippen MR) is 85.7 cm³/mol. The molecule has 0 saturated heterocycles. The molecule has 1 aromatic carbocycles. The van der Waals surface area contributed by atoms with Gasteiger partial charge >= 0.3 is 6.09 Å². The smallest absolute Gasteiger partial charge is 0.405 e. The van der Waals surface area contributed by atoms with Gasteiger partial charge in [0.15, 0.2) is 0 Å². The number of carbonyl (C=O) groups is 1. The molecular formula is C16H17ClN2O3. The van der Waals surface area contributed by atoms with Gasteiger partial charge in [0.25, 0.3) is 5.56 Å². The number of amides is 1. The second kappa shape index (κ2) is 5.65. The molecule has 2 aromatic rings. The summed E-state index contributed by atoms with van der Waals surface area (Å²) in [7, 11) is 0. The van der Waals surface area contributed by atoms with Crippen LogP contribution in [0, 0.1) is 0 Å². The van der Waals surface area contributed by atoms with Gasteiger partial charge in [-0.1, -0.05) is 30.7 Å². The molecule has 116 valence electrons. The molecule has 5 nitrogen and oxygen atoms in total. The largest absolute Gasteiger partial charge is 0.465 e. The average molecular weight is 321 g/mol. The van der Waals surface area contributed by atoms with Crippen molar-refractivity contribution in [2.24, 2.45) is 0 Å². The van der Waals surface area contributed by atoms with Crippen molar-refractivity contribution in [1.29, 1.82) is 0 Å². The molecule has 1 fully saturated rings. The number of hydrogen-bond donors (Lipinski definition) is 2. The van der Waals surface area contributed by atoms with Gasteiger partial charge in [-0.25, -0.2) is 4.79 Å². The van der Waals surface area contributed by atoms with Gasteiger partial charge < -0.3 is 15.0 Å². The predicted octanol–water partition coefficient (Wildman–Crippen LogP) is 3.71. The zero-order valence-electron chi connectivity index (χ0n) is 12.2. The van der Waals surface area contributed by atoms with E-state index in [-0.39, 0.29) is 11.6 Å². The highest BCUT2D eigenvalue weighted by molar-refractivity contribution is 6.35. The van der Waals surface area contributed by atoms with Gasteiger partial charge in [0, 0.05) is 11.7 Å². The summed E-state index contributed by atoms with van der Waals surface area (Å²) in [6.07, 6.45) is 1.36. The van der Waals surface area contributed by atoms with Crippen LogP contribution in [0.5, 0.6) is 0 Å². The molecule has 1 aromatic heterocycles. The molecule has 1 atom stereocenters. The molecule has 1 heterocycles. The monoisotopic (exact) mass is 320 g/mol. The highest BCUT2D eigenvalue weighted by atomic mass is 35.5. The maximum absolute atomic E-state index is 12.9. The summed E-state index contributed by atoms with van der Waals surface area (Å²) >= 11 is 6.19. The zero-order chi connectivity index (χ0) is 15.9. The highest BCUT2D eigenvalue weighted by Crippen LogP contribution is 2.37. The van der Waals surface area contributed by atoms with E-state index in [0.29, 0.717) is 22.5 Å². The summed E-state index contributed by atoms with van der Waals surface area (Å²) in [4.78, 5) is 23.9. The Morgan fingerprint density at radius 2 is 2.23 bits per heavy atom. The number of carboxylic acid groups (broad SMARTS) is 1. The second-order valence-corrected chi connectivity index (χ2v) is 6.00. The Balaban J connectivity index is 2.26. The Bertz CT molecular complexity index is 796. The minimum absolute atomic E-state index is 0.133.